The summed E-state index contributed by atoms with van der Waals surface area (Å²) in [6.07, 6.45) is 1.39. The van der Waals surface area contributed by atoms with E-state index in [9.17, 15) is 5.11 Å². The zero-order valence-electron chi connectivity index (χ0n) is 14.9. The van der Waals surface area contributed by atoms with Gasteiger partial charge < -0.3 is 15.3 Å². The Morgan fingerprint density at radius 1 is 0.957 bits per heavy atom. The molecule has 0 aliphatic heterocycles. The van der Waals surface area contributed by atoms with Crippen molar-refractivity contribution in [3.8, 4) is 5.75 Å². The number of anilines is 1. The number of rotatable bonds is 3. The highest BCUT2D eigenvalue weighted by Gasteiger charge is 2.26. The lowest BCUT2D eigenvalue weighted by molar-refractivity contribution is 0.422. The fourth-order valence-corrected chi connectivity index (χ4v) is 2.60. The molecule has 0 fully saturated rings. The standard InChI is InChI=1S/C18H27N3O2/c1-17(2,3)12-9-11(7-8-14-20-21-16(19)23-14)10-13(15(12)22)18(4,5)6/h9-10,22H,7-8H2,1-6H3,(H2,19,21). The first-order valence-corrected chi connectivity index (χ1v) is 7.93. The Morgan fingerprint density at radius 3 is 1.87 bits per heavy atom. The van der Waals surface area contributed by atoms with Gasteiger partial charge in [-0.2, -0.15) is 0 Å². The molecule has 0 saturated heterocycles. The van der Waals surface area contributed by atoms with Gasteiger partial charge in [0.15, 0.2) is 0 Å². The van der Waals surface area contributed by atoms with Crippen LogP contribution < -0.4 is 5.73 Å². The molecule has 126 valence electrons. The largest absolute Gasteiger partial charge is 0.507 e. The van der Waals surface area contributed by atoms with Crippen LogP contribution in [0.2, 0.25) is 0 Å². The van der Waals surface area contributed by atoms with Crippen LogP contribution in [0, 0.1) is 0 Å². The first kappa shape index (κ1) is 17.3. The number of aromatic nitrogens is 2. The molecule has 1 heterocycles. The Kier molecular flexibility index (Phi) is 4.42. The van der Waals surface area contributed by atoms with Gasteiger partial charge in [-0.1, -0.05) is 58.8 Å². The third-order valence-electron chi connectivity index (χ3n) is 3.90. The van der Waals surface area contributed by atoms with Gasteiger partial charge in [-0.3, -0.25) is 0 Å². The van der Waals surface area contributed by atoms with Crippen LogP contribution in [0.3, 0.4) is 0 Å². The summed E-state index contributed by atoms with van der Waals surface area (Å²) in [7, 11) is 0. The van der Waals surface area contributed by atoms with E-state index in [0.29, 0.717) is 18.1 Å². The summed E-state index contributed by atoms with van der Waals surface area (Å²) in [6.45, 7) is 12.6. The summed E-state index contributed by atoms with van der Waals surface area (Å²) in [5.74, 6) is 0.931. The van der Waals surface area contributed by atoms with Crippen molar-refractivity contribution in [1.82, 2.24) is 10.2 Å². The molecule has 0 saturated carbocycles. The van der Waals surface area contributed by atoms with Crippen LogP contribution in [0.15, 0.2) is 16.5 Å². The number of phenolic OH excluding ortho intramolecular Hbond substituents is 1. The maximum atomic E-state index is 10.7. The van der Waals surface area contributed by atoms with Crippen molar-refractivity contribution < 1.29 is 9.52 Å². The Morgan fingerprint density at radius 2 is 1.48 bits per heavy atom. The summed E-state index contributed by atoms with van der Waals surface area (Å²) < 4.78 is 5.23. The highest BCUT2D eigenvalue weighted by Crippen LogP contribution is 2.39. The van der Waals surface area contributed by atoms with Crippen molar-refractivity contribution in [3.63, 3.8) is 0 Å². The summed E-state index contributed by atoms with van der Waals surface area (Å²) in [6, 6.07) is 4.24. The van der Waals surface area contributed by atoms with E-state index in [1.807, 2.05) is 0 Å². The molecule has 23 heavy (non-hydrogen) atoms. The minimum Gasteiger partial charge on any atom is -0.507 e. The molecule has 2 aromatic rings. The highest BCUT2D eigenvalue weighted by atomic mass is 16.4. The zero-order valence-corrected chi connectivity index (χ0v) is 14.9. The van der Waals surface area contributed by atoms with Gasteiger partial charge in [-0.05, 0) is 33.9 Å². The molecule has 0 bridgehead atoms. The van der Waals surface area contributed by atoms with Gasteiger partial charge in [-0.25, -0.2) is 0 Å². The maximum Gasteiger partial charge on any atom is 0.312 e. The number of nitrogens with zero attached hydrogens (tertiary/aromatic N) is 2. The topological polar surface area (TPSA) is 85.2 Å². The lowest BCUT2D eigenvalue weighted by atomic mass is 9.78. The minimum absolute atomic E-state index is 0.0940. The SMILES string of the molecule is CC(C)(C)c1cc(CCc2nnc(N)o2)cc(C(C)(C)C)c1O. The normalized spacial score (nSPS) is 12.6. The summed E-state index contributed by atoms with van der Waals surface area (Å²) >= 11 is 0. The van der Waals surface area contributed by atoms with Crippen LogP contribution in [0.1, 0.15) is 64.1 Å². The molecular weight excluding hydrogens is 290 g/mol. The smallest absolute Gasteiger partial charge is 0.312 e. The van der Waals surface area contributed by atoms with Crippen molar-refractivity contribution in [1.29, 1.82) is 0 Å². The van der Waals surface area contributed by atoms with Gasteiger partial charge in [0.25, 0.3) is 0 Å². The van der Waals surface area contributed by atoms with E-state index < -0.39 is 0 Å². The van der Waals surface area contributed by atoms with Crippen LogP contribution in [0.4, 0.5) is 6.01 Å². The van der Waals surface area contributed by atoms with Gasteiger partial charge >= 0.3 is 6.01 Å². The maximum absolute atomic E-state index is 10.7. The van der Waals surface area contributed by atoms with E-state index in [4.69, 9.17) is 10.2 Å². The lowest BCUT2D eigenvalue weighted by Gasteiger charge is -2.28. The van der Waals surface area contributed by atoms with Crippen molar-refractivity contribution in [2.24, 2.45) is 0 Å². The molecule has 1 aromatic heterocycles. The number of hydrogen-bond acceptors (Lipinski definition) is 5. The summed E-state index contributed by atoms with van der Waals surface area (Å²) in [4.78, 5) is 0. The second kappa shape index (κ2) is 5.87. The molecule has 0 radical (unpaired) electrons. The monoisotopic (exact) mass is 317 g/mol. The molecule has 0 amide bonds. The second-order valence-corrected chi connectivity index (χ2v) is 8.07. The molecule has 5 nitrogen and oxygen atoms in total. The van der Waals surface area contributed by atoms with Crippen LogP contribution in [-0.4, -0.2) is 15.3 Å². The van der Waals surface area contributed by atoms with Crippen molar-refractivity contribution >= 4 is 6.01 Å². The first-order valence-electron chi connectivity index (χ1n) is 7.93. The van der Waals surface area contributed by atoms with Gasteiger partial charge in [0.05, 0.1) is 0 Å². The number of benzene rings is 1. The average molecular weight is 317 g/mol. The van der Waals surface area contributed by atoms with Crippen molar-refractivity contribution in [2.45, 2.75) is 65.2 Å². The molecule has 2 rings (SSSR count). The van der Waals surface area contributed by atoms with Gasteiger partial charge in [0.1, 0.15) is 5.75 Å². The summed E-state index contributed by atoms with van der Waals surface area (Å²) in [5.41, 5.74) is 8.27. The number of aromatic hydroxyl groups is 1. The molecule has 0 spiro atoms. The molecule has 0 unspecified atom stereocenters. The first-order chi connectivity index (χ1) is 10.5. The zero-order chi connectivity index (χ0) is 17.4. The number of nitrogen functional groups attached to an aromatic ring is 1. The molecular formula is C18H27N3O2. The average Bonchev–Trinajstić information content (AvgIpc) is 2.80. The van der Waals surface area contributed by atoms with Crippen LogP contribution >= 0.6 is 0 Å². The Bertz CT molecular complexity index is 656. The molecule has 3 N–H and O–H groups in total. The second-order valence-electron chi connectivity index (χ2n) is 8.07. The molecule has 0 aliphatic carbocycles. The predicted octanol–water partition coefficient (Wildman–Crippen LogP) is 3.74. The van der Waals surface area contributed by atoms with Gasteiger partial charge in [0, 0.05) is 6.42 Å². The molecule has 1 aromatic carbocycles. The minimum atomic E-state index is -0.130. The predicted molar refractivity (Wildman–Crippen MR) is 91.6 cm³/mol. The Balaban J connectivity index is 2.39. The third-order valence-corrected chi connectivity index (χ3v) is 3.90. The van der Waals surface area contributed by atoms with E-state index in [1.54, 1.807) is 0 Å². The quantitative estimate of drug-likeness (QED) is 0.900. The highest BCUT2D eigenvalue weighted by molar-refractivity contribution is 5.50. The number of aryl methyl sites for hydroxylation is 2. The van der Waals surface area contributed by atoms with Crippen molar-refractivity contribution in [3.05, 3.63) is 34.7 Å². The fourth-order valence-electron chi connectivity index (χ4n) is 2.60. The fraction of sp³-hybridized carbons (Fsp3) is 0.556. The van der Waals surface area contributed by atoms with E-state index in [1.165, 1.54) is 0 Å². The van der Waals surface area contributed by atoms with Gasteiger partial charge in [0.2, 0.25) is 5.89 Å². The molecule has 0 atom stereocenters. The van der Waals surface area contributed by atoms with Crippen LogP contribution in [0.5, 0.6) is 5.75 Å². The van der Waals surface area contributed by atoms with Gasteiger partial charge in [-0.15, -0.1) is 5.10 Å². The Labute approximate surface area is 137 Å². The molecule has 0 aliphatic rings. The lowest BCUT2D eigenvalue weighted by Crippen LogP contribution is -2.18. The van der Waals surface area contributed by atoms with E-state index >= 15 is 0 Å². The van der Waals surface area contributed by atoms with Crippen LogP contribution in [0.25, 0.3) is 0 Å². The number of phenols is 1. The van der Waals surface area contributed by atoms with Crippen LogP contribution in [-0.2, 0) is 23.7 Å². The Hall–Kier alpha value is -2.04. The number of hydrogen-bond donors (Lipinski definition) is 2. The molecule has 5 heteroatoms. The van der Waals surface area contributed by atoms with E-state index in [-0.39, 0.29) is 16.8 Å². The van der Waals surface area contributed by atoms with E-state index in [0.717, 1.165) is 23.1 Å². The summed E-state index contributed by atoms with van der Waals surface area (Å²) in [5, 5.41) is 18.3. The van der Waals surface area contributed by atoms with Crippen molar-refractivity contribution in [2.75, 3.05) is 5.73 Å². The number of nitrogens with two attached hydrogens (primary N) is 1. The third kappa shape index (κ3) is 4.03. The van der Waals surface area contributed by atoms with E-state index in [2.05, 4.69) is 63.9 Å².